The molecule has 1 saturated heterocycles. The van der Waals surface area contributed by atoms with Gasteiger partial charge in [0.1, 0.15) is 0 Å². The van der Waals surface area contributed by atoms with Gasteiger partial charge in [0, 0.05) is 19.1 Å². The van der Waals surface area contributed by atoms with Gasteiger partial charge in [-0.2, -0.15) is 0 Å². The highest BCUT2D eigenvalue weighted by molar-refractivity contribution is 7.89. The van der Waals surface area contributed by atoms with E-state index in [4.69, 9.17) is 23.2 Å². The summed E-state index contributed by atoms with van der Waals surface area (Å²) < 4.78 is 25.3. The standard InChI is InChI=1S/C17H23Cl2N3O3S/c1-2-26(24,25)22-9-7-11(8-10-22)20-17(23)21-15-6-4-13-12(15)3-5-14(18)16(13)19/h3,5,11,15H,2,4,6-10H2,1H3,(H2,20,21,23). The molecule has 1 aliphatic heterocycles. The Morgan fingerprint density at radius 3 is 2.54 bits per heavy atom. The Labute approximate surface area is 164 Å². The van der Waals surface area contributed by atoms with Crippen LogP contribution in [0.1, 0.15) is 43.4 Å². The third-order valence-corrected chi connectivity index (χ3v) is 7.87. The first-order valence-corrected chi connectivity index (χ1v) is 11.2. The summed E-state index contributed by atoms with van der Waals surface area (Å²) in [6.07, 6.45) is 2.81. The summed E-state index contributed by atoms with van der Waals surface area (Å²) >= 11 is 12.3. The molecule has 1 aromatic carbocycles. The van der Waals surface area contributed by atoms with E-state index in [0.29, 0.717) is 36.0 Å². The maximum atomic E-state index is 12.4. The Hall–Kier alpha value is -1.02. The van der Waals surface area contributed by atoms with E-state index in [1.165, 1.54) is 4.31 Å². The van der Waals surface area contributed by atoms with Crippen molar-refractivity contribution in [3.8, 4) is 0 Å². The second-order valence-corrected chi connectivity index (χ2v) is 9.75. The Morgan fingerprint density at radius 2 is 1.88 bits per heavy atom. The van der Waals surface area contributed by atoms with Gasteiger partial charge in [-0.1, -0.05) is 29.3 Å². The number of nitrogens with zero attached hydrogens (tertiary/aromatic N) is 1. The average Bonchev–Trinajstić information content (AvgIpc) is 3.02. The molecule has 3 rings (SSSR count). The largest absolute Gasteiger partial charge is 0.335 e. The molecule has 0 saturated carbocycles. The number of benzene rings is 1. The van der Waals surface area contributed by atoms with Gasteiger partial charge in [-0.25, -0.2) is 17.5 Å². The third-order valence-electron chi connectivity index (χ3n) is 5.14. The molecule has 2 aliphatic rings. The monoisotopic (exact) mass is 419 g/mol. The molecule has 0 spiro atoms. The fourth-order valence-electron chi connectivity index (χ4n) is 3.63. The molecule has 0 aromatic heterocycles. The molecule has 1 aliphatic carbocycles. The van der Waals surface area contributed by atoms with Crippen LogP contribution in [0.3, 0.4) is 0 Å². The number of halogens is 2. The maximum absolute atomic E-state index is 12.4. The van der Waals surface area contributed by atoms with Crippen molar-refractivity contribution in [2.75, 3.05) is 18.8 Å². The van der Waals surface area contributed by atoms with Gasteiger partial charge < -0.3 is 10.6 Å². The highest BCUT2D eigenvalue weighted by Gasteiger charge is 2.29. The number of carbonyl (C=O) groups excluding carboxylic acids is 1. The predicted octanol–water partition coefficient (Wildman–Crippen LogP) is 3.09. The van der Waals surface area contributed by atoms with E-state index in [0.717, 1.165) is 24.0 Å². The minimum absolute atomic E-state index is 0.0204. The summed E-state index contributed by atoms with van der Waals surface area (Å²) in [6.45, 7) is 2.54. The lowest BCUT2D eigenvalue weighted by atomic mass is 10.1. The first-order valence-electron chi connectivity index (χ1n) is 8.83. The molecule has 9 heteroatoms. The van der Waals surface area contributed by atoms with Crippen molar-refractivity contribution in [2.24, 2.45) is 0 Å². The van der Waals surface area contributed by atoms with Crippen molar-refractivity contribution in [1.82, 2.24) is 14.9 Å². The highest BCUT2D eigenvalue weighted by Crippen LogP contribution is 2.39. The fourth-order valence-corrected chi connectivity index (χ4v) is 5.20. The van der Waals surface area contributed by atoms with E-state index in [1.807, 2.05) is 6.07 Å². The van der Waals surface area contributed by atoms with Gasteiger partial charge in [0.05, 0.1) is 21.8 Å². The summed E-state index contributed by atoms with van der Waals surface area (Å²) in [5.74, 6) is 0.110. The van der Waals surface area contributed by atoms with E-state index in [9.17, 15) is 13.2 Å². The number of hydrogen-bond donors (Lipinski definition) is 2. The van der Waals surface area contributed by atoms with Crippen molar-refractivity contribution in [3.63, 3.8) is 0 Å². The number of sulfonamides is 1. The lowest BCUT2D eigenvalue weighted by Gasteiger charge is -2.31. The van der Waals surface area contributed by atoms with Gasteiger partial charge in [-0.15, -0.1) is 0 Å². The van der Waals surface area contributed by atoms with Crippen molar-refractivity contribution >= 4 is 39.3 Å². The molecule has 1 fully saturated rings. The summed E-state index contributed by atoms with van der Waals surface area (Å²) in [4.78, 5) is 12.4. The van der Waals surface area contributed by atoms with E-state index in [1.54, 1.807) is 13.0 Å². The second-order valence-electron chi connectivity index (χ2n) is 6.71. The number of rotatable bonds is 4. The minimum atomic E-state index is -3.15. The Kier molecular flexibility index (Phi) is 6.01. The molecule has 144 valence electrons. The molecule has 1 heterocycles. The number of nitrogens with one attached hydrogen (secondary N) is 2. The van der Waals surface area contributed by atoms with Crippen LogP contribution < -0.4 is 10.6 Å². The molecular weight excluding hydrogens is 397 g/mol. The zero-order valence-electron chi connectivity index (χ0n) is 14.6. The van der Waals surface area contributed by atoms with Crippen LogP contribution in [0, 0.1) is 0 Å². The van der Waals surface area contributed by atoms with Crippen LogP contribution in [0.5, 0.6) is 0 Å². The number of fused-ring (bicyclic) bond motifs is 1. The molecule has 6 nitrogen and oxygen atoms in total. The summed E-state index contributed by atoms with van der Waals surface area (Å²) in [7, 11) is -3.15. The van der Waals surface area contributed by atoms with Crippen LogP contribution >= 0.6 is 23.2 Å². The van der Waals surface area contributed by atoms with Crippen molar-refractivity contribution in [1.29, 1.82) is 0 Å². The summed E-state index contributed by atoms with van der Waals surface area (Å²) in [5.41, 5.74) is 2.01. The molecule has 2 amide bonds. The van der Waals surface area contributed by atoms with Crippen LogP contribution in [-0.4, -0.2) is 43.6 Å². The topological polar surface area (TPSA) is 78.5 Å². The number of amides is 2. The van der Waals surface area contributed by atoms with Gasteiger partial charge in [0.25, 0.3) is 0 Å². The first-order chi connectivity index (χ1) is 12.3. The number of piperidine rings is 1. The molecule has 1 aromatic rings. The fraction of sp³-hybridized carbons (Fsp3) is 0.588. The Balaban J connectivity index is 1.53. The molecule has 1 atom stereocenters. The molecule has 1 unspecified atom stereocenters. The van der Waals surface area contributed by atoms with Crippen LogP contribution in [0.15, 0.2) is 12.1 Å². The molecule has 26 heavy (non-hydrogen) atoms. The van der Waals surface area contributed by atoms with Gasteiger partial charge in [-0.05, 0) is 49.8 Å². The Bertz CT molecular complexity index is 793. The van der Waals surface area contributed by atoms with E-state index in [2.05, 4.69) is 10.6 Å². The van der Waals surface area contributed by atoms with Gasteiger partial charge in [-0.3, -0.25) is 0 Å². The zero-order chi connectivity index (χ0) is 18.9. The van der Waals surface area contributed by atoms with E-state index in [-0.39, 0.29) is 23.9 Å². The van der Waals surface area contributed by atoms with Crippen molar-refractivity contribution in [2.45, 2.75) is 44.7 Å². The summed E-state index contributed by atoms with van der Waals surface area (Å²) in [6, 6.07) is 3.33. The van der Waals surface area contributed by atoms with E-state index >= 15 is 0 Å². The summed E-state index contributed by atoms with van der Waals surface area (Å²) in [5, 5.41) is 7.06. The van der Waals surface area contributed by atoms with Gasteiger partial charge >= 0.3 is 6.03 Å². The van der Waals surface area contributed by atoms with Gasteiger partial charge in [0.15, 0.2) is 0 Å². The van der Waals surface area contributed by atoms with Crippen LogP contribution in [0.2, 0.25) is 10.0 Å². The molecule has 0 bridgehead atoms. The second kappa shape index (κ2) is 7.92. The molecule has 0 radical (unpaired) electrons. The number of hydrogen-bond acceptors (Lipinski definition) is 3. The number of urea groups is 1. The van der Waals surface area contributed by atoms with Crippen molar-refractivity contribution < 1.29 is 13.2 Å². The van der Waals surface area contributed by atoms with Crippen molar-refractivity contribution in [3.05, 3.63) is 33.3 Å². The predicted molar refractivity (Wildman–Crippen MR) is 103 cm³/mol. The van der Waals surface area contributed by atoms with E-state index < -0.39 is 10.0 Å². The zero-order valence-corrected chi connectivity index (χ0v) is 16.9. The van der Waals surface area contributed by atoms with Crippen LogP contribution in [0.25, 0.3) is 0 Å². The van der Waals surface area contributed by atoms with Crippen LogP contribution in [-0.2, 0) is 16.4 Å². The maximum Gasteiger partial charge on any atom is 0.315 e. The minimum Gasteiger partial charge on any atom is -0.335 e. The lowest BCUT2D eigenvalue weighted by Crippen LogP contribution is -2.49. The lowest BCUT2D eigenvalue weighted by molar-refractivity contribution is 0.224. The normalized spacial score (nSPS) is 21.4. The first kappa shape index (κ1) is 19.7. The SMILES string of the molecule is CCS(=O)(=O)N1CCC(NC(=O)NC2CCc3c2ccc(Cl)c3Cl)CC1. The molecule has 2 N–H and O–H groups in total. The Morgan fingerprint density at radius 1 is 1.19 bits per heavy atom. The highest BCUT2D eigenvalue weighted by atomic mass is 35.5. The average molecular weight is 420 g/mol. The number of carbonyl (C=O) groups is 1. The third kappa shape index (κ3) is 4.11. The quantitative estimate of drug-likeness (QED) is 0.786. The van der Waals surface area contributed by atoms with Crippen LogP contribution in [0.4, 0.5) is 4.79 Å². The van der Waals surface area contributed by atoms with Gasteiger partial charge in [0.2, 0.25) is 10.0 Å². The smallest absolute Gasteiger partial charge is 0.315 e. The molecular formula is C17H23Cl2N3O3S.